The van der Waals surface area contributed by atoms with Crippen LogP contribution in [0.2, 0.25) is 0 Å². The number of methoxy groups -OCH3 is 4. The maximum Gasteiger partial charge on any atom is 0.193 e. The third-order valence-corrected chi connectivity index (χ3v) is 8.32. The first-order valence-corrected chi connectivity index (χ1v) is 14.0. The fourth-order valence-corrected chi connectivity index (χ4v) is 5.96. The molecule has 0 spiro atoms. The first-order valence-electron chi connectivity index (χ1n) is 14.0. The first kappa shape index (κ1) is 29.1. The molecule has 6 rings (SSSR count). The van der Waals surface area contributed by atoms with Crippen LogP contribution in [-0.4, -0.2) is 54.4 Å². The van der Waals surface area contributed by atoms with Crippen LogP contribution in [0.3, 0.4) is 0 Å². The third kappa shape index (κ3) is 4.70. The van der Waals surface area contributed by atoms with Crippen LogP contribution < -0.4 is 18.9 Å². The Labute approximate surface area is 255 Å². The van der Waals surface area contributed by atoms with Gasteiger partial charge in [-0.2, -0.15) is 0 Å². The average Bonchev–Trinajstić information content (AvgIpc) is 3.07. The van der Waals surface area contributed by atoms with Gasteiger partial charge in [0.15, 0.2) is 28.8 Å². The molecule has 0 saturated carbocycles. The molecule has 0 fully saturated rings. The smallest absolute Gasteiger partial charge is 0.193 e. The van der Waals surface area contributed by atoms with E-state index >= 15 is 0 Å². The SMILES string of the molecule is COc1cc2c(cc1OC)C(O)(c1cc(C(=O)c3ccnc(C4(O)CC=Cc5cc(OC)c(OC)cc54)c3)ccn1)CC=C2. The summed E-state index contributed by atoms with van der Waals surface area (Å²) in [4.78, 5) is 22.8. The number of aromatic nitrogens is 2. The Morgan fingerprint density at radius 3 is 1.41 bits per heavy atom. The van der Waals surface area contributed by atoms with Gasteiger partial charge < -0.3 is 29.2 Å². The number of ether oxygens (including phenoxy) is 4. The summed E-state index contributed by atoms with van der Waals surface area (Å²) in [5.41, 5.74) is 1.02. The molecule has 9 heteroatoms. The van der Waals surface area contributed by atoms with Gasteiger partial charge in [0.2, 0.25) is 0 Å². The Morgan fingerprint density at radius 2 is 1.02 bits per heavy atom. The Morgan fingerprint density at radius 1 is 0.636 bits per heavy atom. The van der Waals surface area contributed by atoms with Crippen molar-refractivity contribution >= 4 is 17.9 Å². The Bertz CT molecular complexity index is 1700. The summed E-state index contributed by atoms with van der Waals surface area (Å²) in [6.45, 7) is 0. The van der Waals surface area contributed by atoms with Crippen molar-refractivity contribution in [1.29, 1.82) is 0 Å². The van der Waals surface area contributed by atoms with Gasteiger partial charge in [-0.3, -0.25) is 14.8 Å². The molecule has 0 aliphatic heterocycles. The molecule has 0 radical (unpaired) electrons. The van der Waals surface area contributed by atoms with Gasteiger partial charge in [-0.05, 0) is 59.7 Å². The van der Waals surface area contributed by atoms with Gasteiger partial charge in [0.05, 0.1) is 39.8 Å². The highest BCUT2D eigenvalue weighted by atomic mass is 16.5. The van der Waals surface area contributed by atoms with E-state index < -0.39 is 11.2 Å². The van der Waals surface area contributed by atoms with Gasteiger partial charge in [-0.25, -0.2) is 0 Å². The van der Waals surface area contributed by atoms with Crippen LogP contribution in [0.25, 0.3) is 12.2 Å². The Balaban J connectivity index is 1.37. The molecule has 4 aromatic rings. The van der Waals surface area contributed by atoms with Gasteiger partial charge in [0.25, 0.3) is 0 Å². The number of carbonyl (C=O) groups is 1. The normalized spacial score (nSPS) is 20.0. The number of hydrogen-bond donors (Lipinski definition) is 2. The molecule has 2 aliphatic carbocycles. The number of carbonyl (C=O) groups excluding carboxylic acids is 1. The Kier molecular flexibility index (Phi) is 7.44. The van der Waals surface area contributed by atoms with E-state index in [9.17, 15) is 15.0 Å². The van der Waals surface area contributed by atoms with Crippen LogP contribution >= 0.6 is 0 Å². The van der Waals surface area contributed by atoms with E-state index in [1.807, 2.05) is 24.3 Å². The summed E-state index contributed by atoms with van der Waals surface area (Å²) in [5, 5.41) is 24.0. The number of aliphatic hydroxyl groups is 2. The lowest BCUT2D eigenvalue weighted by molar-refractivity contribution is 0.0774. The fraction of sp³-hybridized carbons (Fsp3) is 0.229. The van der Waals surface area contributed by atoms with Crippen LogP contribution in [0.1, 0.15) is 62.4 Å². The van der Waals surface area contributed by atoms with Crippen molar-refractivity contribution in [3.63, 3.8) is 0 Å². The fourth-order valence-electron chi connectivity index (χ4n) is 5.96. The average molecular weight is 593 g/mol. The molecule has 2 heterocycles. The summed E-state index contributed by atoms with van der Waals surface area (Å²) in [5.74, 6) is 1.73. The van der Waals surface area contributed by atoms with Gasteiger partial charge in [-0.15, -0.1) is 0 Å². The number of rotatable bonds is 8. The van der Waals surface area contributed by atoms with Crippen molar-refractivity contribution in [2.45, 2.75) is 24.0 Å². The van der Waals surface area contributed by atoms with E-state index in [0.29, 0.717) is 56.6 Å². The number of ketones is 1. The maximum absolute atomic E-state index is 13.9. The van der Waals surface area contributed by atoms with Crippen molar-refractivity contribution in [2.24, 2.45) is 0 Å². The monoisotopic (exact) mass is 592 g/mol. The predicted molar refractivity (Wildman–Crippen MR) is 164 cm³/mol. The topological polar surface area (TPSA) is 120 Å². The number of pyridine rings is 2. The molecule has 0 bridgehead atoms. The minimum atomic E-state index is -1.50. The second kappa shape index (κ2) is 11.3. The number of benzene rings is 2. The first-order chi connectivity index (χ1) is 21.2. The summed E-state index contributed by atoms with van der Waals surface area (Å²) >= 11 is 0. The van der Waals surface area contributed by atoms with E-state index in [0.717, 1.165) is 11.1 Å². The van der Waals surface area contributed by atoms with Gasteiger partial charge in [0, 0.05) is 47.5 Å². The van der Waals surface area contributed by atoms with Crippen molar-refractivity contribution in [2.75, 3.05) is 28.4 Å². The number of fused-ring (bicyclic) bond motifs is 2. The summed E-state index contributed by atoms with van der Waals surface area (Å²) in [6, 6.07) is 13.5. The molecule has 0 amide bonds. The van der Waals surface area contributed by atoms with E-state index in [4.69, 9.17) is 18.9 Å². The summed E-state index contributed by atoms with van der Waals surface area (Å²) in [7, 11) is 6.18. The van der Waals surface area contributed by atoms with Crippen LogP contribution in [0.15, 0.2) is 73.1 Å². The van der Waals surface area contributed by atoms with E-state index in [1.54, 1.807) is 62.8 Å². The minimum Gasteiger partial charge on any atom is -0.493 e. The zero-order valence-electron chi connectivity index (χ0n) is 24.8. The quantitative estimate of drug-likeness (QED) is 0.271. The standard InChI is InChI=1S/C35H32N2O7/c1-41-27-15-21-7-5-11-34(39,25(21)19-29(27)43-3)31-17-23(9-13-36-31)33(38)24-10-14-37-32(18-24)35(40)12-6-8-22-16-28(42-2)30(44-4)20-26(22)35/h5-10,13-20,39-40H,11-12H2,1-4H3. The van der Waals surface area contributed by atoms with Crippen molar-refractivity contribution in [3.05, 3.63) is 118 Å². The molecule has 44 heavy (non-hydrogen) atoms. The second-order valence-corrected chi connectivity index (χ2v) is 10.7. The molecule has 224 valence electrons. The van der Waals surface area contributed by atoms with Crippen molar-refractivity contribution in [3.8, 4) is 23.0 Å². The highest BCUT2D eigenvalue weighted by Crippen LogP contribution is 2.45. The lowest BCUT2D eigenvalue weighted by Gasteiger charge is -2.32. The van der Waals surface area contributed by atoms with E-state index in [-0.39, 0.29) is 18.6 Å². The Hall–Kier alpha value is -4.99. The highest BCUT2D eigenvalue weighted by molar-refractivity contribution is 6.09. The third-order valence-electron chi connectivity index (χ3n) is 8.32. The molecular weight excluding hydrogens is 560 g/mol. The van der Waals surface area contributed by atoms with Gasteiger partial charge in [0.1, 0.15) is 11.2 Å². The zero-order valence-corrected chi connectivity index (χ0v) is 24.8. The van der Waals surface area contributed by atoms with E-state index in [2.05, 4.69) is 9.97 Å². The van der Waals surface area contributed by atoms with E-state index in [1.165, 1.54) is 26.6 Å². The zero-order chi connectivity index (χ0) is 31.1. The lowest BCUT2D eigenvalue weighted by atomic mass is 9.79. The molecule has 0 saturated heterocycles. The van der Waals surface area contributed by atoms with Crippen LogP contribution in [0.5, 0.6) is 23.0 Å². The molecule has 9 nitrogen and oxygen atoms in total. The highest BCUT2D eigenvalue weighted by Gasteiger charge is 2.39. The summed E-state index contributed by atoms with van der Waals surface area (Å²) in [6.07, 6.45) is 11.1. The molecule has 2 N–H and O–H groups in total. The van der Waals surface area contributed by atoms with Crippen LogP contribution in [0.4, 0.5) is 0 Å². The van der Waals surface area contributed by atoms with Gasteiger partial charge in [-0.1, -0.05) is 24.3 Å². The van der Waals surface area contributed by atoms with Crippen molar-refractivity contribution in [1.82, 2.24) is 9.97 Å². The molecule has 2 atom stereocenters. The number of hydrogen-bond acceptors (Lipinski definition) is 9. The molecule has 2 aliphatic rings. The van der Waals surface area contributed by atoms with Gasteiger partial charge >= 0.3 is 0 Å². The van der Waals surface area contributed by atoms with Crippen molar-refractivity contribution < 1.29 is 34.0 Å². The predicted octanol–water partition coefficient (Wildman–Crippen LogP) is 5.05. The molecular formula is C35H32N2O7. The maximum atomic E-state index is 13.9. The lowest BCUT2D eigenvalue weighted by Crippen LogP contribution is -2.31. The number of nitrogens with zero attached hydrogens (tertiary/aromatic N) is 2. The second-order valence-electron chi connectivity index (χ2n) is 10.7. The summed E-state index contributed by atoms with van der Waals surface area (Å²) < 4.78 is 21.9. The molecule has 2 unspecified atom stereocenters. The van der Waals surface area contributed by atoms with Crippen LogP contribution in [-0.2, 0) is 11.2 Å². The minimum absolute atomic E-state index is 0.258. The van der Waals surface area contributed by atoms with Crippen LogP contribution in [0, 0.1) is 0 Å². The molecule has 2 aromatic carbocycles. The molecule has 2 aromatic heterocycles. The largest absolute Gasteiger partial charge is 0.493 e.